The third kappa shape index (κ3) is 6.77. The van der Waals surface area contributed by atoms with Crippen molar-refractivity contribution >= 4 is 24.0 Å². The highest BCUT2D eigenvalue weighted by molar-refractivity contribution is 6.32. The van der Waals surface area contributed by atoms with Crippen LogP contribution in [-0.2, 0) is 13.0 Å². The maximum atomic E-state index is 6.29. The molecular weight excluding hydrogens is 357 g/mol. The van der Waals surface area contributed by atoms with Crippen LogP contribution in [0.15, 0.2) is 42.5 Å². The van der Waals surface area contributed by atoms with Crippen molar-refractivity contribution in [3.05, 3.63) is 58.6 Å². The number of halogens is 2. The van der Waals surface area contributed by atoms with Crippen LogP contribution in [-0.4, -0.2) is 19.8 Å². The summed E-state index contributed by atoms with van der Waals surface area (Å²) in [5.41, 5.74) is 2.47. The summed E-state index contributed by atoms with van der Waals surface area (Å²) in [6.07, 6.45) is 2.16. The summed E-state index contributed by atoms with van der Waals surface area (Å²) in [5.74, 6) is 1.29. The van der Waals surface area contributed by atoms with Gasteiger partial charge in [-0.1, -0.05) is 41.9 Å². The maximum absolute atomic E-state index is 6.29. The average Bonchev–Trinajstić information content (AvgIpc) is 2.59. The first-order valence-electron chi connectivity index (χ1n) is 8.40. The van der Waals surface area contributed by atoms with Crippen LogP contribution < -0.4 is 14.8 Å². The van der Waals surface area contributed by atoms with Gasteiger partial charge in [0.15, 0.2) is 11.5 Å². The molecule has 0 amide bonds. The predicted octanol–water partition coefficient (Wildman–Crippen LogP) is 5.28. The van der Waals surface area contributed by atoms with E-state index in [1.165, 1.54) is 5.56 Å². The molecule has 138 valence electrons. The fraction of sp³-hybridized carbons (Fsp3) is 0.400. The zero-order valence-electron chi connectivity index (χ0n) is 15.0. The van der Waals surface area contributed by atoms with Gasteiger partial charge in [0.2, 0.25) is 0 Å². The number of nitrogens with one attached hydrogen (secondary N) is 1. The molecule has 0 spiro atoms. The number of ether oxygens (including phenoxy) is 2. The standard InChI is InChI=1S/C20H26ClNO2.ClH/c1-4-24-19-13-17(12-18(21)20(19)23-3)14-22-15(2)10-11-16-8-6-5-7-9-16;/h5-9,12-13,15,22H,4,10-11,14H2,1-3H3;1H. The fourth-order valence-electron chi connectivity index (χ4n) is 2.61. The van der Waals surface area contributed by atoms with Gasteiger partial charge in [0.1, 0.15) is 0 Å². The lowest BCUT2D eigenvalue weighted by Gasteiger charge is -2.16. The van der Waals surface area contributed by atoms with Gasteiger partial charge in [0, 0.05) is 12.6 Å². The molecule has 3 nitrogen and oxygen atoms in total. The summed E-state index contributed by atoms with van der Waals surface area (Å²) in [6, 6.07) is 14.9. The normalized spacial score (nSPS) is 11.5. The predicted molar refractivity (Wildman–Crippen MR) is 107 cm³/mol. The van der Waals surface area contributed by atoms with E-state index in [2.05, 4.69) is 42.6 Å². The van der Waals surface area contributed by atoms with Gasteiger partial charge in [-0.15, -0.1) is 12.4 Å². The highest BCUT2D eigenvalue weighted by Gasteiger charge is 2.12. The SMILES string of the molecule is CCOc1cc(CNC(C)CCc2ccccc2)cc(Cl)c1OC.Cl. The van der Waals surface area contributed by atoms with Gasteiger partial charge in [-0.3, -0.25) is 0 Å². The third-order valence-corrected chi connectivity index (χ3v) is 4.22. The largest absolute Gasteiger partial charge is 0.491 e. The molecule has 0 fully saturated rings. The lowest BCUT2D eigenvalue weighted by Crippen LogP contribution is -2.26. The molecule has 0 saturated carbocycles. The van der Waals surface area contributed by atoms with E-state index in [1.54, 1.807) is 7.11 Å². The Hall–Kier alpha value is -1.42. The molecule has 0 aliphatic carbocycles. The summed E-state index contributed by atoms with van der Waals surface area (Å²) < 4.78 is 10.9. The molecule has 0 bridgehead atoms. The molecule has 0 saturated heterocycles. The van der Waals surface area contributed by atoms with Gasteiger partial charge in [0.05, 0.1) is 18.7 Å². The second kappa shape index (κ2) is 11.2. The van der Waals surface area contributed by atoms with Gasteiger partial charge in [-0.25, -0.2) is 0 Å². The minimum absolute atomic E-state index is 0. The number of hydrogen-bond acceptors (Lipinski definition) is 3. The van der Waals surface area contributed by atoms with Gasteiger partial charge < -0.3 is 14.8 Å². The van der Waals surface area contributed by atoms with Crippen molar-refractivity contribution in [1.82, 2.24) is 5.32 Å². The van der Waals surface area contributed by atoms with Crippen LogP contribution in [0.5, 0.6) is 11.5 Å². The van der Waals surface area contributed by atoms with Gasteiger partial charge >= 0.3 is 0 Å². The highest BCUT2D eigenvalue weighted by Crippen LogP contribution is 2.36. The Labute approximate surface area is 162 Å². The third-order valence-electron chi connectivity index (χ3n) is 3.94. The zero-order valence-corrected chi connectivity index (χ0v) is 16.6. The van der Waals surface area contributed by atoms with Crippen molar-refractivity contribution < 1.29 is 9.47 Å². The molecule has 1 N–H and O–H groups in total. The Morgan fingerprint density at radius 1 is 1.12 bits per heavy atom. The van der Waals surface area contributed by atoms with Crippen LogP contribution in [0.4, 0.5) is 0 Å². The van der Waals surface area contributed by atoms with E-state index in [9.17, 15) is 0 Å². The summed E-state index contributed by atoms with van der Waals surface area (Å²) >= 11 is 6.29. The molecule has 0 aliphatic rings. The molecule has 2 aromatic rings. The maximum Gasteiger partial charge on any atom is 0.179 e. The summed E-state index contributed by atoms with van der Waals surface area (Å²) in [6.45, 7) is 5.48. The Balaban J connectivity index is 0.00000312. The van der Waals surface area contributed by atoms with E-state index in [0.717, 1.165) is 24.9 Å². The van der Waals surface area contributed by atoms with Crippen molar-refractivity contribution in [1.29, 1.82) is 0 Å². The first-order valence-corrected chi connectivity index (χ1v) is 8.78. The fourth-order valence-corrected chi connectivity index (χ4v) is 2.92. The van der Waals surface area contributed by atoms with Crippen molar-refractivity contribution in [3.63, 3.8) is 0 Å². The van der Waals surface area contributed by atoms with Crippen LogP contribution in [0, 0.1) is 0 Å². The monoisotopic (exact) mass is 383 g/mol. The van der Waals surface area contributed by atoms with Crippen molar-refractivity contribution in [3.8, 4) is 11.5 Å². The van der Waals surface area contributed by atoms with E-state index in [-0.39, 0.29) is 12.4 Å². The second-order valence-electron chi connectivity index (χ2n) is 5.85. The molecule has 0 aliphatic heterocycles. The number of rotatable bonds is 9. The number of benzene rings is 2. The zero-order chi connectivity index (χ0) is 17.4. The molecule has 0 aromatic heterocycles. The summed E-state index contributed by atoms with van der Waals surface area (Å²) in [5, 5.41) is 4.13. The Bertz CT molecular complexity index is 635. The van der Waals surface area contributed by atoms with Crippen molar-refractivity contribution in [2.45, 2.75) is 39.3 Å². The highest BCUT2D eigenvalue weighted by atomic mass is 35.5. The molecule has 1 unspecified atom stereocenters. The number of methoxy groups -OCH3 is 1. The van der Waals surface area contributed by atoms with Crippen LogP contribution in [0.2, 0.25) is 5.02 Å². The molecule has 25 heavy (non-hydrogen) atoms. The van der Waals surface area contributed by atoms with E-state index in [4.69, 9.17) is 21.1 Å². The van der Waals surface area contributed by atoms with Crippen LogP contribution in [0.3, 0.4) is 0 Å². The van der Waals surface area contributed by atoms with E-state index in [1.807, 2.05) is 19.1 Å². The van der Waals surface area contributed by atoms with Crippen molar-refractivity contribution in [2.24, 2.45) is 0 Å². The Kier molecular flexibility index (Phi) is 9.73. The molecule has 2 aromatic carbocycles. The van der Waals surface area contributed by atoms with Crippen LogP contribution in [0.25, 0.3) is 0 Å². The first kappa shape index (κ1) is 21.6. The molecule has 1 atom stereocenters. The lowest BCUT2D eigenvalue weighted by atomic mass is 10.1. The second-order valence-corrected chi connectivity index (χ2v) is 6.26. The van der Waals surface area contributed by atoms with Gasteiger partial charge in [-0.05, 0) is 49.9 Å². The Morgan fingerprint density at radius 2 is 1.84 bits per heavy atom. The number of aryl methyl sites for hydroxylation is 1. The van der Waals surface area contributed by atoms with Gasteiger partial charge in [0.25, 0.3) is 0 Å². The van der Waals surface area contributed by atoms with E-state index < -0.39 is 0 Å². The molecule has 2 rings (SSSR count). The molecule has 5 heteroatoms. The quantitative estimate of drug-likeness (QED) is 0.638. The van der Waals surface area contributed by atoms with Crippen molar-refractivity contribution in [2.75, 3.05) is 13.7 Å². The van der Waals surface area contributed by atoms with Gasteiger partial charge in [-0.2, -0.15) is 0 Å². The summed E-state index contributed by atoms with van der Waals surface area (Å²) in [4.78, 5) is 0. The topological polar surface area (TPSA) is 30.5 Å². The number of hydrogen-bond donors (Lipinski definition) is 1. The van der Waals surface area contributed by atoms with Crippen LogP contribution >= 0.6 is 24.0 Å². The minimum atomic E-state index is 0. The van der Waals surface area contributed by atoms with Crippen LogP contribution in [0.1, 0.15) is 31.4 Å². The smallest absolute Gasteiger partial charge is 0.179 e. The molecule has 0 heterocycles. The minimum Gasteiger partial charge on any atom is -0.491 e. The lowest BCUT2D eigenvalue weighted by molar-refractivity contribution is 0.310. The average molecular weight is 384 g/mol. The summed E-state index contributed by atoms with van der Waals surface area (Å²) in [7, 11) is 1.60. The first-order chi connectivity index (χ1) is 11.6. The van der Waals surface area contributed by atoms with E-state index in [0.29, 0.717) is 29.2 Å². The Morgan fingerprint density at radius 3 is 2.48 bits per heavy atom. The van der Waals surface area contributed by atoms with E-state index >= 15 is 0 Å². The molecule has 0 radical (unpaired) electrons. The molecular formula is C20H27Cl2NO2.